The van der Waals surface area contributed by atoms with Crippen LogP contribution in [-0.4, -0.2) is 36.2 Å². The Morgan fingerprint density at radius 1 is 1.33 bits per heavy atom. The lowest BCUT2D eigenvalue weighted by molar-refractivity contribution is 0.0940. The first-order chi connectivity index (χ1) is 11.3. The molecule has 0 saturated heterocycles. The van der Waals surface area contributed by atoms with Gasteiger partial charge >= 0.3 is 0 Å². The first-order valence-corrected chi connectivity index (χ1v) is 9.32. The minimum Gasteiger partial charge on any atom is -0.350 e. The quantitative estimate of drug-likeness (QED) is 0.912. The minimum absolute atomic E-state index is 0.0660. The molecule has 0 saturated carbocycles. The number of halogens is 1. The third kappa shape index (κ3) is 2.93. The summed E-state index contributed by atoms with van der Waals surface area (Å²) in [5.41, 5.74) is 0.969. The number of nitrogens with zero attached hydrogens (tertiary/aromatic N) is 2. The molecule has 6 nitrogen and oxygen atoms in total. The number of nitrogens with one attached hydrogen (secondary N) is 1. The van der Waals surface area contributed by atoms with Gasteiger partial charge in [-0.25, -0.2) is 17.8 Å². The van der Waals surface area contributed by atoms with Crippen LogP contribution in [-0.2, 0) is 16.4 Å². The fraction of sp³-hybridized carbons (Fsp3) is 0.375. The van der Waals surface area contributed by atoms with E-state index in [1.165, 1.54) is 28.8 Å². The normalized spacial score (nSPS) is 15.5. The van der Waals surface area contributed by atoms with Crippen LogP contribution < -0.4 is 5.32 Å². The number of hydrogen-bond acceptors (Lipinski definition) is 4. The Labute approximate surface area is 139 Å². The van der Waals surface area contributed by atoms with Crippen LogP contribution in [0.4, 0.5) is 4.39 Å². The molecule has 8 heteroatoms. The van der Waals surface area contributed by atoms with Crippen molar-refractivity contribution in [1.29, 1.82) is 0 Å². The zero-order valence-corrected chi connectivity index (χ0v) is 14.2. The molecule has 128 valence electrons. The molecule has 0 fully saturated rings. The van der Waals surface area contributed by atoms with Gasteiger partial charge in [0.2, 0.25) is 15.0 Å². The van der Waals surface area contributed by atoms with Gasteiger partial charge in [0.1, 0.15) is 17.2 Å². The standard InChI is InChI=1S/C16H18FN3O3S/c1-10(2)9-18-15(21)14-13(11-3-5-12(17)6-4-11)19-16-20(14)7-8-24(16,22)23/h3-6,10H,7-9H2,1-2H3,(H,18,21). The van der Waals surface area contributed by atoms with Crippen LogP contribution in [0, 0.1) is 11.7 Å². The highest BCUT2D eigenvalue weighted by Gasteiger charge is 2.35. The van der Waals surface area contributed by atoms with Crippen molar-refractivity contribution < 1.29 is 17.6 Å². The summed E-state index contributed by atoms with van der Waals surface area (Å²) >= 11 is 0. The molecular weight excluding hydrogens is 333 g/mol. The van der Waals surface area contributed by atoms with Gasteiger partial charge in [0.25, 0.3) is 5.91 Å². The lowest BCUT2D eigenvalue weighted by Crippen LogP contribution is -2.29. The topological polar surface area (TPSA) is 81.1 Å². The van der Waals surface area contributed by atoms with Gasteiger partial charge in [-0.05, 0) is 30.2 Å². The van der Waals surface area contributed by atoms with Crippen LogP contribution in [0.5, 0.6) is 0 Å². The van der Waals surface area contributed by atoms with Crippen LogP contribution in [0.25, 0.3) is 11.3 Å². The summed E-state index contributed by atoms with van der Waals surface area (Å²) in [5.74, 6) is -0.598. The molecule has 1 aromatic carbocycles. The van der Waals surface area contributed by atoms with Crippen molar-refractivity contribution >= 4 is 15.7 Å². The van der Waals surface area contributed by atoms with Gasteiger partial charge in [-0.2, -0.15) is 0 Å². The maximum absolute atomic E-state index is 13.2. The van der Waals surface area contributed by atoms with Crippen molar-refractivity contribution in [3.05, 3.63) is 35.8 Å². The Kier molecular flexibility index (Phi) is 4.16. The van der Waals surface area contributed by atoms with Crippen LogP contribution in [0.1, 0.15) is 24.3 Å². The first kappa shape index (κ1) is 16.6. The average Bonchev–Trinajstić information content (AvgIpc) is 3.04. The Balaban J connectivity index is 2.11. The molecule has 3 rings (SSSR count). The van der Waals surface area contributed by atoms with E-state index >= 15 is 0 Å². The van der Waals surface area contributed by atoms with E-state index in [2.05, 4.69) is 10.3 Å². The zero-order chi connectivity index (χ0) is 17.5. The largest absolute Gasteiger partial charge is 0.350 e. The summed E-state index contributed by atoms with van der Waals surface area (Å²) in [7, 11) is -3.49. The summed E-state index contributed by atoms with van der Waals surface area (Å²) in [5, 5.41) is 2.69. The van der Waals surface area contributed by atoms with Gasteiger partial charge in [-0.15, -0.1) is 0 Å². The maximum Gasteiger partial charge on any atom is 0.270 e. The first-order valence-electron chi connectivity index (χ1n) is 7.67. The van der Waals surface area contributed by atoms with Gasteiger partial charge < -0.3 is 9.88 Å². The van der Waals surface area contributed by atoms with Gasteiger partial charge in [0, 0.05) is 18.7 Å². The summed E-state index contributed by atoms with van der Waals surface area (Å²) in [6, 6.07) is 5.48. The monoisotopic (exact) mass is 351 g/mol. The summed E-state index contributed by atoms with van der Waals surface area (Å²) in [6.45, 7) is 4.59. The average molecular weight is 351 g/mol. The molecule has 1 aliphatic rings. The highest BCUT2D eigenvalue weighted by atomic mass is 32.2. The van der Waals surface area contributed by atoms with Crippen LogP contribution in [0.15, 0.2) is 29.4 Å². The second-order valence-electron chi connectivity index (χ2n) is 6.17. The Hall–Kier alpha value is -2.22. The number of carbonyl (C=O) groups excluding carboxylic acids is 1. The number of imidazole rings is 1. The second-order valence-corrected chi connectivity index (χ2v) is 8.18. The number of carbonyl (C=O) groups is 1. The number of hydrogen-bond donors (Lipinski definition) is 1. The molecule has 0 atom stereocenters. The van der Waals surface area contributed by atoms with Gasteiger partial charge in [0.15, 0.2) is 0 Å². The van der Waals surface area contributed by atoms with Gasteiger partial charge in [-0.1, -0.05) is 13.8 Å². The van der Waals surface area contributed by atoms with Crippen LogP contribution >= 0.6 is 0 Å². The zero-order valence-electron chi connectivity index (χ0n) is 13.4. The predicted octanol–water partition coefficient (Wildman–Crippen LogP) is 1.86. The van der Waals surface area contributed by atoms with E-state index < -0.39 is 15.7 Å². The lowest BCUT2D eigenvalue weighted by atomic mass is 10.1. The van der Waals surface area contributed by atoms with Crippen molar-refractivity contribution in [1.82, 2.24) is 14.9 Å². The summed E-state index contributed by atoms with van der Waals surface area (Å²) in [4.78, 5) is 16.8. The SMILES string of the molecule is CC(C)CNC(=O)c1c(-c2ccc(F)cc2)nc2n1CCS2(=O)=O. The van der Waals surface area contributed by atoms with Crippen molar-refractivity contribution in [3.63, 3.8) is 0 Å². The van der Waals surface area contributed by atoms with Gasteiger partial charge in [0.05, 0.1) is 5.75 Å². The molecule has 2 heterocycles. The number of fused-ring (bicyclic) bond motifs is 1. The maximum atomic E-state index is 13.2. The molecule has 0 aliphatic carbocycles. The molecule has 24 heavy (non-hydrogen) atoms. The third-order valence-corrected chi connectivity index (χ3v) is 5.39. The van der Waals surface area contributed by atoms with Crippen molar-refractivity contribution in [2.75, 3.05) is 12.3 Å². The highest BCUT2D eigenvalue weighted by molar-refractivity contribution is 7.91. The minimum atomic E-state index is -3.49. The molecule has 1 amide bonds. The molecule has 1 N–H and O–H groups in total. The predicted molar refractivity (Wildman–Crippen MR) is 86.8 cm³/mol. The molecular formula is C16H18FN3O3S. The Bertz CT molecular complexity index is 886. The van der Waals surface area contributed by atoms with Crippen molar-refractivity contribution in [2.24, 2.45) is 5.92 Å². The molecule has 0 spiro atoms. The Morgan fingerprint density at radius 3 is 2.62 bits per heavy atom. The van der Waals surface area contributed by atoms with E-state index in [0.29, 0.717) is 12.1 Å². The van der Waals surface area contributed by atoms with Crippen molar-refractivity contribution in [2.45, 2.75) is 25.5 Å². The smallest absolute Gasteiger partial charge is 0.270 e. The molecule has 2 aromatic rings. The summed E-state index contributed by atoms with van der Waals surface area (Å²) < 4.78 is 38.8. The molecule has 0 unspecified atom stereocenters. The van der Waals surface area contributed by atoms with E-state index in [1.54, 1.807) is 0 Å². The fourth-order valence-corrected chi connectivity index (χ4v) is 3.95. The van der Waals surface area contributed by atoms with Gasteiger partial charge in [-0.3, -0.25) is 4.79 Å². The Morgan fingerprint density at radius 2 is 2.00 bits per heavy atom. The number of rotatable bonds is 4. The van der Waals surface area contributed by atoms with Crippen LogP contribution in [0.3, 0.4) is 0 Å². The second kappa shape index (κ2) is 6.01. The summed E-state index contributed by atoms with van der Waals surface area (Å²) in [6.07, 6.45) is 0. The number of amides is 1. The van der Waals surface area contributed by atoms with Crippen molar-refractivity contribution in [3.8, 4) is 11.3 Å². The number of aromatic nitrogens is 2. The highest BCUT2D eigenvalue weighted by Crippen LogP contribution is 2.30. The lowest BCUT2D eigenvalue weighted by Gasteiger charge is -2.10. The third-order valence-electron chi connectivity index (χ3n) is 3.80. The van der Waals surface area contributed by atoms with E-state index in [9.17, 15) is 17.6 Å². The van der Waals surface area contributed by atoms with E-state index in [4.69, 9.17) is 0 Å². The molecule has 0 bridgehead atoms. The van der Waals surface area contributed by atoms with E-state index in [1.807, 2.05) is 13.8 Å². The fourth-order valence-electron chi connectivity index (χ4n) is 2.60. The number of sulfone groups is 1. The molecule has 0 radical (unpaired) electrons. The molecule has 1 aromatic heterocycles. The molecule has 1 aliphatic heterocycles. The van der Waals surface area contributed by atoms with Crippen LogP contribution in [0.2, 0.25) is 0 Å². The van der Waals surface area contributed by atoms with E-state index in [0.717, 1.165) is 0 Å². The number of benzene rings is 1. The van der Waals surface area contributed by atoms with E-state index in [-0.39, 0.29) is 40.7 Å².